The van der Waals surface area contributed by atoms with Gasteiger partial charge >= 0.3 is 0 Å². The van der Waals surface area contributed by atoms with Gasteiger partial charge in [-0.25, -0.2) is 4.98 Å². The van der Waals surface area contributed by atoms with E-state index >= 15 is 0 Å². The van der Waals surface area contributed by atoms with Gasteiger partial charge in [-0.1, -0.05) is 12.1 Å². The van der Waals surface area contributed by atoms with Crippen LogP contribution in [0.15, 0.2) is 40.8 Å². The van der Waals surface area contributed by atoms with Crippen LogP contribution in [-0.2, 0) is 0 Å². The summed E-state index contributed by atoms with van der Waals surface area (Å²) in [5, 5.41) is 0. The molecule has 0 aliphatic carbocycles. The minimum absolute atomic E-state index is 0.463. The Bertz CT molecular complexity index is 732. The van der Waals surface area contributed by atoms with Gasteiger partial charge in [-0.3, -0.25) is 0 Å². The summed E-state index contributed by atoms with van der Waals surface area (Å²) in [5.74, 6) is 1.62. The number of anilines is 1. The number of nitrogen functional groups attached to an aromatic ring is 1. The average Bonchev–Trinajstić information content (AvgIpc) is 2.90. The SMILES string of the molecule is COc1cc(N)c(-c2nc3ccccc3o2)cc1OC. The first kappa shape index (κ1) is 12.3. The molecule has 1 heterocycles. The van der Waals surface area contributed by atoms with Crippen LogP contribution in [0.4, 0.5) is 5.69 Å². The Morgan fingerprint density at radius 3 is 2.45 bits per heavy atom. The lowest BCUT2D eigenvalue weighted by atomic mass is 10.1. The number of rotatable bonds is 3. The summed E-state index contributed by atoms with van der Waals surface area (Å²) in [6.45, 7) is 0. The van der Waals surface area contributed by atoms with Crippen molar-refractivity contribution in [1.82, 2.24) is 4.98 Å². The number of hydrogen-bond acceptors (Lipinski definition) is 5. The van der Waals surface area contributed by atoms with Crippen molar-refractivity contribution in [3.8, 4) is 23.0 Å². The Morgan fingerprint density at radius 1 is 1.05 bits per heavy atom. The van der Waals surface area contributed by atoms with Crippen molar-refractivity contribution in [2.45, 2.75) is 0 Å². The molecule has 5 nitrogen and oxygen atoms in total. The summed E-state index contributed by atoms with van der Waals surface area (Å²) < 4.78 is 16.2. The molecular weight excluding hydrogens is 256 g/mol. The zero-order valence-corrected chi connectivity index (χ0v) is 11.2. The minimum atomic E-state index is 0.463. The molecule has 0 aliphatic rings. The molecule has 0 atom stereocenters. The van der Waals surface area contributed by atoms with E-state index < -0.39 is 0 Å². The summed E-state index contributed by atoms with van der Waals surface area (Å²) in [4.78, 5) is 4.43. The van der Waals surface area contributed by atoms with Crippen LogP contribution in [0.25, 0.3) is 22.6 Å². The maximum absolute atomic E-state index is 6.04. The van der Waals surface area contributed by atoms with Crippen LogP contribution < -0.4 is 15.2 Å². The van der Waals surface area contributed by atoms with E-state index in [0.717, 1.165) is 11.1 Å². The van der Waals surface area contributed by atoms with Crippen molar-refractivity contribution in [2.75, 3.05) is 20.0 Å². The highest BCUT2D eigenvalue weighted by atomic mass is 16.5. The molecule has 0 spiro atoms. The van der Waals surface area contributed by atoms with Gasteiger partial charge in [-0.05, 0) is 18.2 Å². The van der Waals surface area contributed by atoms with Crippen molar-refractivity contribution < 1.29 is 13.9 Å². The van der Waals surface area contributed by atoms with E-state index in [4.69, 9.17) is 19.6 Å². The molecule has 0 fully saturated rings. The average molecular weight is 270 g/mol. The van der Waals surface area contributed by atoms with Gasteiger partial charge in [0.2, 0.25) is 5.89 Å². The van der Waals surface area contributed by atoms with E-state index in [1.54, 1.807) is 26.4 Å². The highest BCUT2D eigenvalue weighted by Gasteiger charge is 2.15. The number of para-hydroxylation sites is 2. The Balaban J connectivity index is 2.18. The van der Waals surface area contributed by atoms with Gasteiger partial charge in [0.05, 0.1) is 19.8 Å². The van der Waals surface area contributed by atoms with Crippen LogP contribution in [0.5, 0.6) is 11.5 Å². The highest BCUT2D eigenvalue weighted by Crippen LogP contribution is 2.37. The molecule has 0 unspecified atom stereocenters. The lowest BCUT2D eigenvalue weighted by Gasteiger charge is -2.10. The monoisotopic (exact) mass is 270 g/mol. The number of nitrogens with two attached hydrogens (primary N) is 1. The highest BCUT2D eigenvalue weighted by molar-refractivity contribution is 5.81. The van der Waals surface area contributed by atoms with Crippen molar-refractivity contribution in [3.63, 3.8) is 0 Å². The van der Waals surface area contributed by atoms with Crippen LogP contribution in [0.1, 0.15) is 0 Å². The second-order valence-corrected chi connectivity index (χ2v) is 4.28. The summed E-state index contributed by atoms with van der Waals surface area (Å²) in [7, 11) is 3.14. The minimum Gasteiger partial charge on any atom is -0.493 e. The van der Waals surface area contributed by atoms with E-state index in [2.05, 4.69) is 4.98 Å². The van der Waals surface area contributed by atoms with Crippen molar-refractivity contribution in [3.05, 3.63) is 36.4 Å². The predicted octanol–water partition coefficient (Wildman–Crippen LogP) is 3.09. The fourth-order valence-electron chi connectivity index (χ4n) is 2.07. The zero-order chi connectivity index (χ0) is 14.1. The number of methoxy groups -OCH3 is 2. The first-order valence-corrected chi connectivity index (χ1v) is 6.10. The molecule has 3 aromatic rings. The maximum atomic E-state index is 6.04. The Kier molecular flexibility index (Phi) is 2.95. The number of hydrogen-bond donors (Lipinski definition) is 1. The predicted molar refractivity (Wildman–Crippen MR) is 77.0 cm³/mol. The van der Waals surface area contributed by atoms with Crippen LogP contribution in [0.3, 0.4) is 0 Å². The number of aromatic nitrogens is 1. The Morgan fingerprint density at radius 2 is 1.75 bits per heavy atom. The van der Waals surface area contributed by atoms with Gasteiger partial charge in [0.25, 0.3) is 0 Å². The maximum Gasteiger partial charge on any atom is 0.229 e. The second kappa shape index (κ2) is 4.77. The zero-order valence-electron chi connectivity index (χ0n) is 11.2. The van der Waals surface area contributed by atoms with Gasteiger partial charge in [0.15, 0.2) is 17.1 Å². The van der Waals surface area contributed by atoms with Crippen LogP contribution >= 0.6 is 0 Å². The summed E-state index contributed by atoms with van der Waals surface area (Å²) in [6, 6.07) is 11.0. The van der Waals surface area contributed by atoms with Gasteiger partial charge in [0, 0.05) is 11.8 Å². The van der Waals surface area contributed by atoms with E-state index in [0.29, 0.717) is 28.6 Å². The summed E-state index contributed by atoms with van der Waals surface area (Å²) in [5.41, 5.74) is 8.75. The van der Waals surface area contributed by atoms with E-state index in [9.17, 15) is 0 Å². The first-order chi connectivity index (χ1) is 9.72. The van der Waals surface area contributed by atoms with Gasteiger partial charge in [-0.15, -0.1) is 0 Å². The standard InChI is InChI=1S/C15H14N2O3/c1-18-13-7-9(10(16)8-14(13)19-2)15-17-11-5-3-4-6-12(11)20-15/h3-8H,16H2,1-2H3. The number of nitrogens with zero attached hydrogens (tertiary/aromatic N) is 1. The molecule has 2 N–H and O–H groups in total. The van der Waals surface area contributed by atoms with Gasteiger partial charge < -0.3 is 19.6 Å². The first-order valence-electron chi connectivity index (χ1n) is 6.10. The molecule has 0 radical (unpaired) electrons. The molecule has 0 aliphatic heterocycles. The molecule has 5 heteroatoms. The second-order valence-electron chi connectivity index (χ2n) is 4.28. The number of oxazole rings is 1. The van der Waals surface area contributed by atoms with Gasteiger partial charge in [-0.2, -0.15) is 0 Å². The number of ether oxygens (including phenoxy) is 2. The smallest absolute Gasteiger partial charge is 0.229 e. The third-order valence-corrected chi connectivity index (χ3v) is 3.08. The fraction of sp³-hybridized carbons (Fsp3) is 0.133. The molecule has 0 amide bonds. The number of benzene rings is 2. The molecule has 3 rings (SSSR count). The molecular formula is C15H14N2O3. The Hall–Kier alpha value is -2.69. The van der Waals surface area contributed by atoms with Crippen LogP contribution in [0.2, 0.25) is 0 Å². The summed E-state index contributed by atoms with van der Waals surface area (Å²) >= 11 is 0. The van der Waals surface area contributed by atoms with E-state index in [1.165, 1.54) is 0 Å². The van der Waals surface area contributed by atoms with Crippen molar-refractivity contribution in [2.24, 2.45) is 0 Å². The topological polar surface area (TPSA) is 70.5 Å². The molecule has 102 valence electrons. The quantitative estimate of drug-likeness (QED) is 0.740. The molecule has 1 aromatic heterocycles. The van der Waals surface area contributed by atoms with E-state index in [-0.39, 0.29) is 0 Å². The number of fused-ring (bicyclic) bond motifs is 1. The summed E-state index contributed by atoms with van der Waals surface area (Å²) in [6.07, 6.45) is 0. The molecule has 0 saturated heterocycles. The Labute approximate surface area is 115 Å². The lowest BCUT2D eigenvalue weighted by molar-refractivity contribution is 0.355. The van der Waals surface area contributed by atoms with Crippen LogP contribution in [0, 0.1) is 0 Å². The largest absolute Gasteiger partial charge is 0.493 e. The molecule has 0 saturated carbocycles. The normalized spacial score (nSPS) is 10.7. The van der Waals surface area contributed by atoms with Gasteiger partial charge in [0.1, 0.15) is 5.52 Å². The molecule has 2 aromatic carbocycles. The van der Waals surface area contributed by atoms with Crippen LogP contribution in [-0.4, -0.2) is 19.2 Å². The third-order valence-electron chi connectivity index (χ3n) is 3.08. The fourth-order valence-corrected chi connectivity index (χ4v) is 2.07. The molecule has 0 bridgehead atoms. The lowest BCUT2D eigenvalue weighted by Crippen LogP contribution is -1.96. The van der Waals surface area contributed by atoms with Crippen molar-refractivity contribution >= 4 is 16.8 Å². The van der Waals surface area contributed by atoms with E-state index in [1.807, 2.05) is 24.3 Å². The molecule has 20 heavy (non-hydrogen) atoms. The third kappa shape index (κ3) is 1.93. The van der Waals surface area contributed by atoms with Crippen molar-refractivity contribution in [1.29, 1.82) is 0 Å².